The number of likely N-dealkylation sites (tertiary alicyclic amines) is 1. The summed E-state index contributed by atoms with van der Waals surface area (Å²) in [5.74, 6) is 0.397. The molecule has 3 heterocycles. The summed E-state index contributed by atoms with van der Waals surface area (Å²) in [7, 11) is 0. The lowest BCUT2D eigenvalue weighted by molar-refractivity contribution is 0.0205. The molecule has 1 saturated heterocycles. The van der Waals surface area contributed by atoms with E-state index in [9.17, 15) is 4.79 Å². The van der Waals surface area contributed by atoms with E-state index in [1.54, 1.807) is 4.90 Å². The van der Waals surface area contributed by atoms with Crippen LogP contribution in [0.15, 0.2) is 18.3 Å². The maximum absolute atomic E-state index is 12.2. The third kappa shape index (κ3) is 5.53. The number of nitrogens with two attached hydrogens (primary N) is 1. The Kier molecular flexibility index (Phi) is 5.79. The van der Waals surface area contributed by atoms with Gasteiger partial charge in [-0.3, -0.25) is 4.98 Å². The number of carbonyl (C=O) groups excluding carboxylic acids is 1. The summed E-state index contributed by atoms with van der Waals surface area (Å²) in [5, 5.41) is 8.34. The molecule has 0 radical (unpaired) electrons. The molecular formula is C18H25N5O3S. The van der Waals surface area contributed by atoms with Crippen molar-refractivity contribution in [3.05, 3.63) is 29.6 Å². The van der Waals surface area contributed by atoms with Gasteiger partial charge in [0.25, 0.3) is 5.19 Å². The smallest absolute Gasteiger partial charge is 0.410 e. The Balaban J connectivity index is 1.49. The van der Waals surface area contributed by atoms with E-state index < -0.39 is 5.60 Å². The van der Waals surface area contributed by atoms with Crippen LogP contribution in [0.25, 0.3) is 0 Å². The van der Waals surface area contributed by atoms with Crippen LogP contribution >= 0.6 is 11.3 Å². The van der Waals surface area contributed by atoms with Crippen molar-refractivity contribution in [2.75, 3.05) is 18.8 Å². The number of piperidine rings is 1. The van der Waals surface area contributed by atoms with E-state index in [2.05, 4.69) is 21.2 Å². The number of pyridine rings is 1. The van der Waals surface area contributed by atoms with Crippen molar-refractivity contribution < 1.29 is 14.3 Å². The molecule has 0 bridgehead atoms. The van der Waals surface area contributed by atoms with Gasteiger partial charge in [0.15, 0.2) is 0 Å². The number of nitrogen functional groups attached to an aromatic ring is 1. The fourth-order valence-electron chi connectivity index (χ4n) is 2.90. The number of rotatable bonds is 4. The summed E-state index contributed by atoms with van der Waals surface area (Å²) < 4.78 is 11.0. The Morgan fingerprint density at radius 3 is 2.59 bits per heavy atom. The first kappa shape index (κ1) is 19.3. The largest absolute Gasteiger partial charge is 0.462 e. The molecule has 3 rings (SSSR count). The summed E-state index contributed by atoms with van der Waals surface area (Å²) in [6, 6.07) is 4.04. The molecule has 0 saturated carbocycles. The predicted octanol–water partition coefficient (Wildman–Crippen LogP) is 3.21. The van der Waals surface area contributed by atoms with Crippen LogP contribution in [0, 0.1) is 0 Å². The highest BCUT2D eigenvalue weighted by Crippen LogP contribution is 2.28. The summed E-state index contributed by atoms with van der Waals surface area (Å²) in [6.45, 7) is 7.37. The lowest BCUT2D eigenvalue weighted by Crippen LogP contribution is -2.41. The van der Waals surface area contributed by atoms with Gasteiger partial charge in [-0.05, 0) is 62.5 Å². The van der Waals surface area contributed by atoms with Crippen LogP contribution in [0.3, 0.4) is 0 Å². The van der Waals surface area contributed by atoms with Crippen molar-refractivity contribution >= 4 is 22.6 Å². The van der Waals surface area contributed by atoms with Crippen molar-refractivity contribution in [1.82, 2.24) is 20.1 Å². The SMILES string of the molecule is CC(C)(C)OC(=O)N1CCC(c2ccc(COc3nnc(N)s3)nc2)CC1. The minimum atomic E-state index is -0.462. The molecule has 1 amide bonds. The van der Waals surface area contributed by atoms with E-state index in [-0.39, 0.29) is 6.09 Å². The lowest BCUT2D eigenvalue weighted by Gasteiger charge is -2.33. The molecule has 2 aromatic heterocycles. The fraction of sp³-hybridized carbons (Fsp3) is 0.556. The maximum atomic E-state index is 12.2. The van der Waals surface area contributed by atoms with E-state index >= 15 is 0 Å². The Labute approximate surface area is 162 Å². The van der Waals surface area contributed by atoms with Crippen LogP contribution in [0.4, 0.5) is 9.93 Å². The van der Waals surface area contributed by atoms with Crippen LogP contribution in [-0.4, -0.2) is 44.9 Å². The Bertz CT molecular complexity index is 764. The first-order chi connectivity index (χ1) is 12.8. The Morgan fingerprint density at radius 2 is 2.04 bits per heavy atom. The van der Waals surface area contributed by atoms with Crippen LogP contribution in [0.1, 0.15) is 50.8 Å². The molecule has 0 unspecified atom stereocenters. The van der Waals surface area contributed by atoms with Gasteiger partial charge >= 0.3 is 6.09 Å². The van der Waals surface area contributed by atoms with Gasteiger partial charge in [-0.25, -0.2) is 4.79 Å². The normalized spacial score (nSPS) is 15.6. The molecule has 146 valence electrons. The van der Waals surface area contributed by atoms with Crippen molar-refractivity contribution in [2.45, 2.75) is 51.7 Å². The van der Waals surface area contributed by atoms with Gasteiger partial charge in [-0.2, -0.15) is 0 Å². The standard InChI is InChI=1S/C18H25N5O3S/c1-18(2,3)26-17(24)23-8-6-12(7-9-23)13-4-5-14(20-10-13)11-25-16-22-21-15(19)27-16/h4-5,10,12H,6-9,11H2,1-3H3,(H2,19,21). The third-order valence-electron chi connectivity index (χ3n) is 4.23. The van der Waals surface area contributed by atoms with E-state index in [0.29, 0.717) is 35.9 Å². The molecule has 1 aliphatic heterocycles. The van der Waals surface area contributed by atoms with Gasteiger partial charge in [-0.1, -0.05) is 11.2 Å². The van der Waals surface area contributed by atoms with Crippen molar-refractivity contribution in [2.24, 2.45) is 0 Å². The van der Waals surface area contributed by atoms with E-state index in [1.165, 1.54) is 16.9 Å². The van der Waals surface area contributed by atoms with Crippen molar-refractivity contribution in [3.63, 3.8) is 0 Å². The van der Waals surface area contributed by atoms with Crippen LogP contribution in [-0.2, 0) is 11.3 Å². The maximum Gasteiger partial charge on any atom is 0.410 e. The number of nitrogens with zero attached hydrogens (tertiary/aromatic N) is 4. The van der Waals surface area contributed by atoms with Crippen molar-refractivity contribution in [1.29, 1.82) is 0 Å². The lowest BCUT2D eigenvalue weighted by atomic mass is 9.90. The van der Waals surface area contributed by atoms with Gasteiger partial charge in [-0.15, -0.1) is 5.10 Å². The van der Waals surface area contributed by atoms with E-state index in [0.717, 1.165) is 18.5 Å². The first-order valence-corrected chi connectivity index (χ1v) is 9.76. The number of ether oxygens (including phenoxy) is 2. The number of hydrogen-bond donors (Lipinski definition) is 1. The average Bonchev–Trinajstić information content (AvgIpc) is 3.04. The Hall–Kier alpha value is -2.42. The van der Waals surface area contributed by atoms with Gasteiger partial charge in [0.2, 0.25) is 5.13 Å². The zero-order chi connectivity index (χ0) is 19.4. The highest BCUT2D eigenvalue weighted by atomic mass is 32.1. The fourth-order valence-corrected chi connectivity index (χ4v) is 3.36. The molecule has 2 aromatic rings. The molecule has 0 atom stereocenters. The number of anilines is 1. The van der Waals surface area contributed by atoms with Gasteiger partial charge in [0.05, 0.1) is 5.69 Å². The molecule has 8 nitrogen and oxygen atoms in total. The van der Waals surface area contributed by atoms with Crippen LogP contribution < -0.4 is 10.5 Å². The van der Waals surface area contributed by atoms with E-state index in [1.807, 2.05) is 33.0 Å². The highest BCUT2D eigenvalue weighted by Gasteiger charge is 2.27. The van der Waals surface area contributed by atoms with Crippen molar-refractivity contribution in [3.8, 4) is 5.19 Å². The number of amides is 1. The predicted molar refractivity (Wildman–Crippen MR) is 103 cm³/mol. The van der Waals surface area contributed by atoms with Crippen LogP contribution in [0.2, 0.25) is 0 Å². The summed E-state index contributed by atoms with van der Waals surface area (Å²) >= 11 is 1.20. The zero-order valence-corrected chi connectivity index (χ0v) is 16.7. The highest BCUT2D eigenvalue weighted by molar-refractivity contribution is 7.16. The molecule has 2 N–H and O–H groups in total. The minimum Gasteiger partial charge on any atom is -0.462 e. The molecule has 9 heteroatoms. The number of carbonyl (C=O) groups is 1. The molecule has 1 fully saturated rings. The molecular weight excluding hydrogens is 366 g/mol. The van der Waals surface area contributed by atoms with E-state index in [4.69, 9.17) is 15.2 Å². The molecule has 0 aliphatic carbocycles. The Morgan fingerprint density at radius 1 is 1.30 bits per heavy atom. The quantitative estimate of drug-likeness (QED) is 0.853. The zero-order valence-electron chi connectivity index (χ0n) is 15.8. The van der Waals surface area contributed by atoms with Gasteiger partial charge < -0.3 is 20.1 Å². The minimum absolute atomic E-state index is 0.233. The molecule has 1 aliphatic rings. The van der Waals surface area contributed by atoms with Gasteiger partial charge in [0.1, 0.15) is 12.2 Å². The second-order valence-corrected chi connectivity index (χ2v) is 8.49. The van der Waals surface area contributed by atoms with Crippen LogP contribution in [0.5, 0.6) is 5.19 Å². The second kappa shape index (κ2) is 8.08. The number of hydrogen-bond acceptors (Lipinski definition) is 8. The number of aromatic nitrogens is 3. The summed E-state index contributed by atoms with van der Waals surface area (Å²) in [6.07, 6.45) is 3.46. The molecule has 27 heavy (non-hydrogen) atoms. The summed E-state index contributed by atoms with van der Waals surface area (Å²) in [4.78, 5) is 18.4. The summed E-state index contributed by atoms with van der Waals surface area (Å²) in [5.41, 5.74) is 7.06. The first-order valence-electron chi connectivity index (χ1n) is 8.95. The monoisotopic (exact) mass is 391 g/mol. The topological polar surface area (TPSA) is 103 Å². The molecule has 0 spiro atoms. The average molecular weight is 391 g/mol. The third-order valence-corrected chi connectivity index (χ3v) is 4.90. The second-order valence-electron chi connectivity index (χ2n) is 7.52. The molecule has 0 aromatic carbocycles. The van der Waals surface area contributed by atoms with Gasteiger partial charge in [0, 0.05) is 19.3 Å².